The van der Waals surface area contributed by atoms with Crippen LogP contribution < -0.4 is 0 Å². The summed E-state index contributed by atoms with van der Waals surface area (Å²) in [7, 11) is 0. The summed E-state index contributed by atoms with van der Waals surface area (Å²) in [5, 5.41) is 0. The van der Waals surface area contributed by atoms with E-state index < -0.39 is 0 Å². The number of allylic oxidation sites excluding steroid dienone is 2. The summed E-state index contributed by atoms with van der Waals surface area (Å²) in [4.78, 5) is 0. The van der Waals surface area contributed by atoms with Gasteiger partial charge < -0.3 is 0 Å². The molecule has 1 saturated carbocycles. The van der Waals surface area contributed by atoms with Crippen LogP contribution in [0.5, 0.6) is 0 Å². The molecule has 1 fully saturated rings. The summed E-state index contributed by atoms with van der Waals surface area (Å²) in [5.41, 5.74) is 3.75. The van der Waals surface area contributed by atoms with E-state index in [4.69, 9.17) is 0 Å². The van der Waals surface area contributed by atoms with Crippen molar-refractivity contribution < 1.29 is 0 Å². The summed E-state index contributed by atoms with van der Waals surface area (Å²) < 4.78 is 0. The van der Waals surface area contributed by atoms with Gasteiger partial charge in [0.05, 0.1) is 0 Å². The lowest BCUT2D eigenvalue weighted by atomic mass is 9.91. The fourth-order valence-electron chi connectivity index (χ4n) is 2.35. The Hall–Kier alpha value is -0.260. The minimum atomic E-state index is 1.09. The van der Waals surface area contributed by atoms with Crippen LogP contribution >= 0.6 is 0 Å². The van der Waals surface area contributed by atoms with E-state index in [0.717, 1.165) is 11.8 Å². The molecule has 0 aromatic carbocycles. The van der Waals surface area contributed by atoms with Crippen LogP contribution in [0, 0.1) is 11.8 Å². The van der Waals surface area contributed by atoms with E-state index in [9.17, 15) is 0 Å². The topological polar surface area (TPSA) is 0 Å². The van der Waals surface area contributed by atoms with Gasteiger partial charge in [0.15, 0.2) is 0 Å². The molecule has 0 aliphatic heterocycles. The molecule has 2 unspecified atom stereocenters. The van der Waals surface area contributed by atoms with Gasteiger partial charge in [-0.2, -0.15) is 0 Å². The first-order chi connectivity index (χ1) is 3.47. The molecule has 0 amide bonds. The largest absolute Gasteiger partial charge is 0.0623 e. The van der Waals surface area contributed by atoms with Crippen LogP contribution in [-0.2, 0) is 0 Å². The van der Waals surface area contributed by atoms with Crippen molar-refractivity contribution in [2.45, 2.75) is 19.3 Å². The quantitative estimate of drug-likeness (QED) is 0.399. The van der Waals surface area contributed by atoms with Crippen LogP contribution in [0.15, 0.2) is 11.1 Å². The number of rotatable bonds is 0. The fraction of sp³-hybridized carbons (Fsp3) is 0.714. The molecule has 0 bridgehead atoms. The lowest BCUT2D eigenvalue weighted by Gasteiger charge is -2.14. The fourth-order valence-corrected chi connectivity index (χ4v) is 2.35. The van der Waals surface area contributed by atoms with Gasteiger partial charge in [0.25, 0.3) is 0 Å². The Bertz CT molecular complexity index is 165. The first-order valence-corrected chi connectivity index (χ1v) is 3.19. The van der Waals surface area contributed by atoms with Crippen LogP contribution in [0.4, 0.5) is 0 Å². The second-order valence-electron chi connectivity index (χ2n) is 3.01. The van der Waals surface area contributed by atoms with Crippen LogP contribution in [0.25, 0.3) is 0 Å². The van der Waals surface area contributed by atoms with Crippen molar-refractivity contribution in [3.05, 3.63) is 11.1 Å². The van der Waals surface area contributed by atoms with Crippen molar-refractivity contribution in [3.8, 4) is 0 Å². The monoisotopic (exact) mass is 92.1 g/mol. The van der Waals surface area contributed by atoms with Crippen LogP contribution in [0.2, 0.25) is 0 Å². The van der Waals surface area contributed by atoms with Gasteiger partial charge in [-0.3, -0.25) is 0 Å². The second-order valence-corrected chi connectivity index (χ2v) is 3.01. The Morgan fingerprint density at radius 2 is 2.29 bits per heavy atom. The third kappa shape index (κ3) is 0.155. The Morgan fingerprint density at radius 1 is 1.29 bits per heavy atom. The number of hydrogen-bond acceptors (Lipinski definition) is 0. The molecule has 0 nitrogen and oxygen atoms in total. The highest BCUT2D eigenvalue weighted by Gasteiger charge is 2.54. The van der Waals surface area contributed by atoms with E-state index in [2.05, 4.69) is 0 Å². The molecule has 0 aromatic rings. The van der Waals surface area contributed by atoms with Gasteiger partial charge >= 0.3 is 0 Å². The molecule has 0 saturated heterocycles. The van der Waals surface area contributed by atoms with Gasteiger partial charge in [-0.05, 0) is 25.2 Å². The smallest absolute Gasteiger partial charge is 0.00162 e. The molecule has 0 spiro atoms. The molecule has 3 aliphatic rings. The number of fused-ring (bicyclic) bond motifs is 1. The summed E-state index contributed by atoms with van der Waals surface area (Å²) in [5.74, 6) is 2.20. The predicted octanol–water partition coefficient (Wildman–Crippen LogP) is 1.73. The predicted molar refractivity (Wildman–Crippen MR) is 27.9 cm³/mol. The maximum atomic E-state index is 1.89. The summed E-state index contributed by atoms with van der Waals surface area (Å²) in [6, 6.07) is 0. The minimum Gasteiger partial charge on any atom is -0.0623 e. The zero-order chi connectivity index (χ0) is 4.43. The molecule has 0 aromatic heterocycles. The van der Waals surface area contributed by atoms with Crippen molar-refractivity contribution in [2.24, 2.45) is 11.8 Å². The summed E-state index contributed by atoms with van der Waals surface area (Å²) >= 11 is 0. The van der Waals surface area contributed by atoms with Crippen LogP contribution in [0.3, 0.4) is 0 Å². The standard InChI is InChI=1S/C7H8/c1-2-5-6-3-4(1)7(5)6/h4-5H,1-3H2. The molecule has 3 aliphatic carbocycles. The molecule has 0 heteroatoms. The molecular formula is C7H8. The SMILES string of the molecule is C1CC2C3=C2C1C3. The Kier molecular flexibility index (Phi) is 0.247. The van der Waals surface area contributed by atoms with E-state index in [0.29, 0.717) is 0 Å². The highest BCUT2D eigenvalue weighted by molar-refractivity contribution is 5.54. The maximum Gasteiger partial charge on any atom is 0.00162 e. The Morgan fingerprint density at radius 3 is 2.43 bits per heavy atom. The molecule has 0 N–H and O–H groups in total. The van der Waals surface area contributed by atoms with Crippen molar-refractivity contribution in [1.29, 1.82) is 0 Å². The Labute approximate surface area is 43.2 Å². The minimum absolute atomic E-state index is 1.09. The van der Waals surface area contributed by atoms with Crippen molar-refractivity contribution in [3.63, 3.8) is 0 Å². The van der Waals surface area contributed by atoms with Crippen molar-refractivity contribution >= 4 is 0 Å². The van der Waals surface area contributed by atoms with E-state index >= 15 is 0 Å². The highest BCUT2D eigenvalue weighted by Crippen LogP contribution is 2.67. The summed E-state index contributed by atoms with van der Waals surface area (Å²) in [6.07, 6.45) is 4.55. The van der Waals surface area contributed by atoms with E-state index in [-0.39, 0.29) is 0 Å². The maximum absolute atomic E-state index is 1.89. The zero-order valence-electron chi connectivity index (χ0n) is 4.28. The lowest BCUT2D eigenvalue weighted by molar-refractivity contribution is 0.542. The van der Waals surface area contributed by atoms with E-state index in [1.54, 1.807) is 0 Å². The molecule has 0 heterocycles. The molecule has 0 radical (unpaired) electrons. The first-order valence-electron chi connectivity index (χ1n) is 3.19. The molecule has 36 valence electrons. The zero-order valence-corrected chi connectivity index (χ0v) is 4.28. The van der Waals surface area contributed by atoms with E-state index in [1.807, 2.05) is 11.1 Å². The average molecular weight is 92.1 g/mol. The summed E-state index contributed by atoms with van der Waals surface area (Å²) in [6.45, 7) is 0. The number of hydrogen-bond donors (Lipinski definition) is 0. The lowest BCUT2D eigenvalue weighted by Crippen LogP contribution is -2.00. The van der Waals surface area contributed by atoms with Crippen molar-refractivity contribution in [2.75, 3.05) is 0 Å². The third-order valence-corrected chi connectivity index (χ3v) is 2.79. The molecule has 2 atom stereocenters. The van der Waals surface area contributed by atoms with Gasteiger partial charge in [0.1, 0.15) is 0 Å². The van der Waals surface area contributed by atoms with Crippen molar-refractivity contribution in [1.82, 2.24) is 0 Å². The highest BCUT2D eigenvalue weighted by atomic mass is 14.6. The van der Waals surface area contributed by atoms with Gasteiger partial charge in [-0.15, -0.1) is 0 Å². The molecule has 3 rings (SSSR count). The second kappa shape index (κ2) is 0.594. The first kappa shape index (κ1) is 2.91. The van der Waals surface area contributed by atoms with Gasteiger partial charge in [0.2, 0.25) is 0 Å². The van der Waals surface area contributed by atoms with Gasteiger partial charge in [0, 0.05) is 5.92 Å². The normalized spacial score (nSPS) is 51.4. The molecular weight excluding hydrogens is 84.1 g/mol. The Balaban J connectivity index is 2.22. The van der Waals surface area contributed by atoms with Crippen LogP contribution in [0.1, 0.15) is 19.3 Å². The molecule has 7 heavy (non-hydrogen) atoms. The van der Waals surface area contributed by atoms with Gasteiger partial charge in [-0.25, -0.2) is 0 Å². The van der Waals surface area contributed by atoms with Crippen LogP contribution in [-0.4, -0.2) is 0 Å². The van der Waals surface area contributed by atoms with E-state index in [1.165, 1.54) is 19.3 Å². The van der Waals surface area contributed by atoms with Gasteiger partial charge in [-0.1, -0.05) is 11.1 Å². The third-order valence-electron chi connectivity index (χ3n) is 2.79. The average Bonchev–Trinajstić information content (AvgIpc) is 2.02.